The van der Waals surface area contributed by atoms with E-state index in [-0.39, 0.29) is 0 Å². The maximum Gasteiger partial charge on any atom is 0.190 e. The first-order chi connectivity index (χ1) is 9.71. The molecule has 1 N–H and O–H groups in total. The van der Waals surface area contributed by atoms with Crippen molar-refractivity contribution >= 4 is 29.3 Å². The van der Waals surface area contributed by atoms with Crippen LogP contribution in [-0.4, -0.2) is 22.8 Å². The lowest BCUT2D eigenvalue weighted by molar-refractivity contribution is 0.878. The van der Waals surface area contributed by atoms with Crippen LogP contribution in [-0.2, 0) is 0 Å². The SMILES string of the molecule is CCCNc1cc(Sc2cccc(C)c2)nc(SC)n1. The normalized spacial score (nSPS) is 10.6. The largest absolute Gasteiger partial charge is 0.370 e. The fraction of sp³-hybridized carbons (Fsp3) is 0.333. The molecule has 2 rings (SSSR count). The summed E-state index contributed by atoms with van der Waals surface area (Å²) in [6.45, 7) is 5.18. The molecule has 0 aliphatic heterocycles. The molecule has 0 bridgehead atoms. The molecule has 0 spiro atoms. The number of thioether (sulfide) groups is 1. The van der Waals surface area contributed by atoms with E-state index in [0.717, 1.165) is 29.0 Å². The molecule has 0 saturated heterocycles. The number of nitrogens with zero attached hydrogens (tertiary/aromatic N) is 2. The van der Waals surface area contributed by atoms with Crippen molar-refractivity contribution in [2.75, 3.05) is 18.1 Å². The third-order valence-corrected chi connectivity index (χ3v) is 4.09. The molecule has 1 aromatic heterocycles. The number of anilines is 1. The first-order valence-electron chi connectivity index (χ1n) is 6.62. The van der Waals surface area contributed by atoms with Crippen LogP contribution < -0.4 is 5.32 Å². The van der Waals surface area contributed by atoms with Gasteiger partial charge in [-0.2, -0.15) is 0 Å². The zero-order valence-electron chi connectivity index (χ0n) is 12.0. The monoisotopic (exact) mass is 305 g/mol. The highest BCUT2D eigenvalue weighted by atomic mass is 32.2. The van der Waals surface area contributed by atoms with Gasteiger partial charge in [-0.1, -0.05) is 48.1 Å². The second-order valence-electron chi connectivity index (χ2n) is 4.42. The summed E-state index contributed by atoms with van der Waals surface area (Å²) >= 11 is 3.24. The number of hydrogen-bond acceptors (Lipinski definition) is 5. The van der Waals surface area contributed by atoms with Crippen LogP contribution in [0.2, 0.25) is 0 Å². The van der Waals surface area contributed by atoms with Crippen molar-refractivity contribution in [1.82, 2.24) is 9.97 Å². The zero-order chi connectivity index (χ0) is 14.4. The fourth-order valence-corrected chi connectivity index (χ4v) is 3.06. The van der Waals surface area contributed by atoms with Crippen LogP contribution >= 0.6 is 23.5 Å². The summed E-state index contributed by atoms with van der Waals surface area (Å²) in [5.41, 5.74) is 1.26. The van der Waals surface area contributed by atoms with Gasteiger partial charge in [-0.3, -0.25) is 0 Å². The van der Waals surface area contributed by atoms with Crippen LogP contribution in [0.3, 0.4) is 0 Å². The molecule has 0 aliphatic carbocycles. The van der Waals surface area contributed by atoms with Crippen molar-refractivity contribution in [1.29, 1.82) is 0 Å². The van der Waals surface area contributed by atoms with Crippen molar-refractivity contribution in [3.05, 3.63) is 35.9 Å². The topological polar surface area (TPSA) is 37.8 Å². The van der Waals surface area contributed by atoms with E-state index in [2.05, 4.69) is 53.4 Å². The van der Waals surface area contributed by atoms with Gasteiger partial charge < -0.3 is 5.32 Å². The first-order valence-corrected chi connectivity index (χ1v) is 8.67. The molecule has 5 heteroatoms. The highest BCUT2D eigenvalue weighted by Crippen LogP contribution is 2.29. The van der Waals surface area contributed by atoms with Gasteiger partial charge in [0.2, 0.25) is 0 Å². The first kappa shape index (κ1) is 15.2. The predicted octanol–water partition coefficient (Wildman–Crippen LogP) is 4.48. The Morgan fingerprint density at radius 2 is 2.05 bits per heavy atom. The Bertz CT molecular complexity index is 573. The van der Waals surface area contributed by atoms with Crippen molar-refractivity contribution < 1.29 is 0 Å². The van der Waals surface area contributed by atoms with Gasteiger partial charge in [0.05, 0.1) is 0 Å². The second-order valence-corrected chi connectivity index (χ2v) is 6.29. The average Bonchev–Trinajstić information content (AvgIpc) is 2.45. The molecule has 0 unspecified atom stereocenters. The molecule has 20 heavy (non-hydrogen) atoms. The third-order valence-electron chi connectivity index (χ3n) is 2.63. The number of benzene rings is 1. The molecule has 0 saturated carbocycles. The Morgan fingerprint density at radius 1 is 1.20 bits per heavy atom. The van der Waals surface area contributed by atoms with E-state index >= 15 is 0 Å². The maximum atomic E-state index is 4.56. The zero-order valence-corrected chi connectivity index (χ0v) is 13.6. The molecule has 0 amide bonds. The van der Waals surface area contributed by atoms with E-state index in [4.69, 9.17) is 0 Å². The van der Waals surface area contributed by atoms with Crippen molar-refractivity contribution in [2.45, 2.75) is 35.3 Å². The van der Waals surface area contributed by atoms with Gasteiger partial charge in [-0.15, -0.1) is 0 Å². The van der Waals surface area contributed by atoms with E-state index in [1.165, 1.54) is 10.5 Å². The predicted molar refractivity (Wildman–Crippen MR) is 87.9 cm³/mol. The lowest BCUT2D eigenvalue weighted by atomic mass is 10.2. The number of aryl methyl sites for hydroxylation is 1. The van der Waals surface area contributed by atoms with Gasteiger partial charge in [-0.25, -0.2) is 9.97 Å². The van der Waals surface area contributed by atoms with E-state index < -0.39 is 0 Å². The maximum absolute atomic E-state index is 4.56. The minimum atomic E-state index is 0.807. The number of rotatable bonds is 6. The summed E-state index contributed by atoms with van der Waals surface area (Å²) in [6.07, 6.45) is 3.08. The van der Waals surface area contributed by atoms with Crippen LogP contribution in [0.1, 0.15) is 18.9 Å². The van der Waals surface area contributed by atoms with Gasteiger partial charge in [0.1, 0.15) is 10.8 Å². The lowest BCUT2D eigenvalue weighted by Gasteiger charge is -2.08. The van der Waals surface area contributed by atoms with E-state index in [1.54, 1.807) is 23.5 Å². The standard InChI is InChI=1S/C15H19N3S2/c1-4-8-16-13-10-14(18-15(17-13)19-3)20-12-7-5-6-11(2)9-12/h5-7,9-10H,4,8H2,1-3H3,(H,16,17,18). The number of aromatic nitrogens is 2. The molecule has 0 fully saturated rings. The molecule has 2 aromatic rings. The van der Waals surface area contributed by atoms with Crippen LogP contribution in [0.5, 0.6) is 0 Å². The minimum absolute atomic E-state index is 0.807. The third kappa shape index (κ3) is 4.42. The van der Waals surface area contributed by atoms with Gasteiger partial charge in [-0.05, 0) is 31.7 Å². The second kappa shape index (κ2) is 7.55. The van der Waals surface area contributed by atoms with Gasteiger partial charge in [0.15, 0.2) is 5.16 Å². The Kier molecular flexibility index (Phi) is 5.73. The van der Waals surface area contributed by atoms with Gasteiger partial charge in [0.25, 0.3) is 0 Å². The summed E-state index contributed by atoms with van der Waals surface area (Å²) < 4.78 is 0. The van der Waals surface area contributed by atoms with Crippen molar-refractivity contribution in [3.8, 4) is 0 Å². The number of hydrogen-bond donors (Lipinski definition) is 1. The Hall–Kier alpha value is -1.20. The van der Waals surface area contributed by atoms with Gasteiger partial charge >= 0.3 is 0 Å². The van der Waals surface area contributed by atoms with E-state index in [9.17, 15) is 0 Å². The molecule has 1 aromatic carbocycles. The Balaban J connectivity index is 2.21. The molecule has 3 nitrogen and oxygen atoms in total. The molecular formula is C15H19N3S2. The van der Waals surface area contributed by atoms with Crippen LogP contribution in [0.25, 0.3) is 0 Å². The molecular weight excluding hydrogens is 286 g/mol. The van der Waals surface area contributed by atoms with E-state index in [0.29, 0.717) is 0 Å². The van der Waals surface area contributed by atoms with Crippen molar-refractivity contribution in [2.24, 2.45) is 0 Å². The van der Waals surface area contributed by atoms with Crippen LogP contribution in [0.4, 0.5) is 5.82 Å². The van der Waals surface area contributed by atoms with E-state index in [1.807, 2.05) is 12.3 Å². The van der Waals surface area contributed by atoms with Crippen LogP contribution in [0, 0.1) is 6.92 Å². The average molecular weight is 305 g/mol. The summed E-state index contributed by atoms with van der Waals surface area (Å²) in [4.78, 5) is 10.2. The molecule has 1 heterocycles. The van der Waals surface area contributed by atoms with Crippen molar-refractivity contribution in [3.63, 3.8) is 0 Å². The highest BCUT2D eigenvalue weighted by molar-refractivity contribution is 7.99. The Labute approximate surface area is 129 Å². The quantitative estimate of drug-likeness (QED) is 0.484. The van der Waals surface area contributed by atoms with Crippen LogP contribution in [0.15, 0.2) is 45.4 Å². The highest BCUT2D eigenvalue weighted by Gasteiger charge is 2.06. The molecule has 106 valence electrons. The molecule has 0 radical (unpaired) electrons. The number of nitrogens with one attached hydrogen (secondary N) is 1. The summed E-state index contributed by atoms with van der Waals surface area (Å²) in [6, 6.07) is 10.5. The summed E-state index contributed by atoms with van der Waals surface area (Å²) in [7, 11) is 0. The molecule has 0 aliphatic rings. The Morgan fingerprint density at radius 3 is 2.75 bits per heavy atom. The summed E-state index contributed by atoms with van der Waals surface area (Å²) in [5, 5.41) is 5.12. The summed E-state index contributed by atoms with van der Waals surface area (Å²) in [5.74, 6) is 0.904. The van der Waals surface area contributed by atoms with Gasteiger partial charge in [0, 0.05) is 17.5 Å². The lowest BCUT2D eigenvalue weighted by Crippen LogP contribution is -2.03. The minimum Gasteiger partial charge on any atom is -0.370 e. The molecule has 0 atom stereocenters. The smallest absolute Gasteiger partial charge is 0.190 e. The fourth-order valence-electron chi connectivity index (χ4n) is 1.69.